The van der Waals surface area contributed by atoms with Crippen molar-refractivity contribution in [2.45, 2.75) is 37.5 Å². The third-order valence-electron chi connectivity index (χ3n) is 4.23. The molecular formula is C14H20BrNO3S. The maximum Gasteiger partial charge on any atom is 0.240 e. The van der Waals surface area contributed by atoms with Gasteiger partial charge in [0.15, 0.2) is 0 Å². The van der Waals surface area contributed by atoms with Crippen LogP contribution in [0.5, 0.6) is 5.75 Å². The zero-order valence-corrected chi connectivity index (χ0v) is 14.2. The normalized spacial score (nSPS) is 17.6. The molecule has 1 aliphatic rings. The van der Waals surface area contributed by atoms with Gasteiger partial charge in [-0.2, -0.15) is 0 Å². The molecule has 0 unspecified atom stereocenters. The second-order valence-corrected chi connectivity index (χ2v) is 7.95. The van der Waals surface area contributed by atoms with Crippen LogP contribution < -0.4 is 9.46 Å². The summed E-state index contributed by atoms with van der Waals surface area (Å²) < 4.78 is 33.1. The van der Waals surface area contributed by atoms with Gasteiger partial charge in [0.2, 0.25) is 10.0 Å². The Bertz CT molecular complexity index is 577. The minimum Gasteiger partial charge on any atom is -0.496 e. The number of hydrogen-bond donors (Lipinski definition) is 1. The van der Waals surface area contributed by atoms with Crippen molar-refractivity contribution in [3.05, 3.63) is 22.7 Å². The van der Waals surface area contributed by atoms with E-state index in [2.05, 4.69) is 27.6 Å². The zero-order chi connectivity index (χ0) is 14.8. The summed E-state index contributed by atoms with van der Waals surface area (Å²) in [5.41, 5.74) is 0.163. The van der Waals surface area contributed by atoms with Crippen molar-refractivity contribution in [1.82, 2.24) is 4.72 Å². The van der Waals surface area contributed by atoms with Crippen molar-refractivity contribution in [3.63, 3.8) is 0 Å². The van der Waals surface area contributed by atoms with Crippen LogP contribution in [0.3, 0.4) is 0 Å². The first kappa shape index (κ1) is 15.8. The second kappa shape index (κ2) is 6.03. The highest BCUT2D eigenvalue weighted by Crippen LogP contribution is 2.43. The van der Waals surface area contributed by atoms with Crippen molar-refractivity contribution >= 4 is 26.0 Å². The highest BCUT2D eigenvalue weighted by atomic mass is 79.9. The minimum absolute atomic E-state index is 0.163. The van der Waals surface area contributed by atoms with Crippen LogP contribution in [0.2, 0.25) is 0 Å². The highest BCUT2D eigenvalue weighted by molar-refractivity contribution is 9.10. The van der Waals surface area contributed by atoms with E-state index in [0.717, 1.165) is 19.3 Å². The van der Waals surface area contributed by atoms with E-state index in [9.17, 15) is 8.42 Å². The average molecular weight is 362 g/mol. The monoisotopic (exact) mass is 361 g/mol. The van der Waals surface area contributed by atoms with Gasteiger partial charge in [-0.25, -0.2) is 13.1 Å². The Labute approximate surface area is 129 Å². The lowest BCUT2D eigenvalue weighted by atomic mass is 9.67. The van der Waals surface area contributed by atoms with Crippen molar-refractivity contribution in [2.75, 3.05) is 13.7 Å². The average Bonchev–Trinajstić information content (AvgIpc) is 2.38. The molecule has 0 amide bonds. The van der Waals surface area contributed by atoms with E-state index in [1.807, 2.05) is 0 Å². The van der Waals surface area contributed by atoms with Gasteiger partial charge < -0.3 is 4.74 Å². The zero-order valence-electron chi connectivity index (χ0n) is 11.8. The Balaban J connectivity index is 2.12. The first-order valence-corrected chi connectivity index (χ1v) is 9.03. The summed E-state index contributed by atoms with van der Waals surface area (Å²) >= 11 is 3.31. The summed E-state index contributed by atoms with van der Waals surface area (Å²) in [5, 5.41) is 0. The fourth-order valence-electron chi connectivity index (χ4n) is 2.48. The van der Waals surface area contributed by atoms with Gasteiger partial charge in [-0.3, -0.25) is 0 Å². The predicted molar refractivity (Wildman–Crippen MR) is 82.5 cm³/mol. The number of nitrogens with one attached hydrogen (secondary N) is 1. The highest BCUT2D eigenvalue weighted by Gasteiger charge is 2.36. The van der Waals surface area contributed by atoms with Crippen LogP contribution in [0, 0.1) is 5.41 Å². The molecule has 1 aliphatic carbocycles. The molecule has 0 saturated heterocycles. The smallest absolute Gasteiger partial charge is 0.240 e. The number of rotatable bonds is 6. The van der Waals surface area contributed by atoms with Gasteiger partial charge in [0.1, 0.15) is 5.75 Å². The van der Waals surface area contributed by atoms with E-state index in [0.29, 0.717) is 16.8 Å². The van der Waals surface area contributed by atoms with E-state index < -0.39 is 10.0 Å². The number of methoxy groups -OCH3 is 1. The molecule has 1 fully saturated rings. The van der Waals surface area contributed by atoms with Crippen LogP contribution in [-0.2, 0) is 10.0 Å². The van der Waals surface area contributed by atoms with Crippen LogP contribution >= 0.6 is 15.9 Å². The standard InChI is InChI=1S/C14H20BrNO3S/c1-3-14(7-4-8-14)10-16-20(17,18)11-5-6-13(19-2)12(15)9-11/h5-6,9,16H,3-4,7-8,10H2,1-2H3. The maximum absolute atomic E-state index is 12.3. The Hall–Kier alpha value is -0.590. The molecule has 4 nitrogen and oxygen atoms in total. The van der Waals surface area contributed by atoms with E-state index >= 15 is 0 Å². The van der Waals surface area contributed by atoms with Crippen molar-refractivity contribution in [1.29, 1.82) is 0 Å². The first-order valence-electron chi connectivity index (χ1n) is 6.76. The van der Waals surface area contributed by atoms with Crippen molar-refractivity contribution in [2.24, 2.45) is 5.41 Å². The van der Waals surface area contributed by atoms with Gasteiger partial charge in [-0.15, -0.1) is 0 Å². The van der Waals surface area contributed by atoms with E-state index in [1.54, 1.807) is 25.3 Å². The Morgan fingerprint density at radius 2 is 2.10 bits per heavy atom. The summed E-state index contributed by atoms with van der Waals surface area (Å²) in [4.78, 5) is 0.260. The summed E-state index contributed by atoms with van der Waals surface area (Å²) in [7, 11) is -1.91. The molecule has 0 aromatic heterocycles. The van der Waals surface area contributed by atoms with Gasteiger partial charge in [-0.05, 0) is 58.8 Å². The van der Waals surface area contributed by atoms with E-state index in [1.165, 1.54) is 6.42 Å². The summed E-state index contributed by atoms with van der Waals surface area (Å²) in [5.74, 6) is 0.618. The SMILES string of the molecule is CCC1(CNS(=O)(=O)c2ccc(OC)c(Br)c2)CCC1. The van der Waals surface area contributed by atoms with Gasteiger partial charge in [0.05, 0.1) is 16.5 Å². The molecule has 0 atom stereocenters. The number of ether oxygens (including phenoxy) is 1. The van der Waals surface area contributed by atoms with Crippen LogP contribution in [0.15, 0.2) is 27.6 Å². The molecule has 1 N–H and O–H groups in total. The molecule has 1 saturated carbocycles. The van der Waals surface area contributed by atoms with Crippen molar-refractivity contribution < 1.29 is 13.2 Å². The molecule has 0 aliphatic heterocycles. The molecule has 0 heterocycles. The number of hydrogen-bond acceptors (Lipinski definition) is 3. The lowest BCUT2D eigenvalue weighted by Crippen LogP contribution is -2.41. The number of sulfonamides is 1. The Morgan fingerprint density at radius 1 is 1.40 bits per heavy atom. The number of benzene rings is 1. The molecule has 0 radical (unpaired) electrons. The topological polar surface area (TPSA) is 55.4 Å². The summed E-state index contributed by atoms with van der Waals surface area (Å²) in [6, 6.07) is 4.78. The lowest BCUT2D eigenvalue weighted by molar-refractivity contribution is 0.133. The van der Waals surface area contributed by atoms with Crippen LogP contribution in [0.4, 0.5) is 0 Å². The third-order valence-corrected chi connectivity index (χ3v) is 6.25. The quantitative estimate of drug-likeness (QED) is 0.845. The Morgan fingerprint density at radius 3 is 2.55 bits per heavy atom. The summed E-state index contributed by atoms with van der Waals surface area (Å²) in [6.45, 7) is 2.65. The van der Waals surface area contributed by atoms with Crippen LogP contribution in [0.1, 0.15) is 32.6 Å². The molecule has 1 aromatic carbocycles. The van der Waals surface area contributed by atoms with Gasteiger partial charge >= 0.3 is 0 Å². The molecule has 20 heavy (non-hydrogen) atoms. The van der Waals surface area contributed by atoms with E-state index in [4.69, 9.17) is 4.74 Å². The third kappa shape index (κ3) is 3.18. The first-order chi connectivity index (χ1) is 9.42. The maximum atomic E-state index is 12.3. The lowest BCUT2D eigenvalue weighted by Gasteiger charge is -2.41. The molecular weight excluding hydrogens is 342 g/mol. The molecule has 0 bridgehead atoms. The Kier molecular flexibility index (Phi) is 4.76. The number of halogens is 1. The predicted octanol–water partition coefficient (Wildman–Crippen LogP) is 3.32. The van der Waals surface area contributed by atoms with Gasteiger partial charge in [0.25, 0.3) is 0 Å². The van der Waals surface area contributed by atoms with E-state index in [-0.39, 0.29) is 10.3 Å². The summed E-state index contributed by atoms with van der Waals surface area (Å²) in [6.07, 6.45) is 4.43. The van der Waals surface area contributed by atoms with Gasteiger partial charge in [0, 0.05) is 6.54 Å². The molecule has 1 aromatic rings. The fourth-order valence-corrected chi connectivity index (χ4v) is 4.35. The fraction of sp³-hybridized carbons (Fsp3) is 0.571. The van der Waals surface area contributed by atoms with Crippen LogP contribution in [0.25, 0.3) is 0 Å². The van der Waals surface area contributed by atoms with Gasteiger partial charge in [-0.1, -0.05) is 13.3 Å². The molecule has 0 spiro atoms. The second-order valence-electron chi connectivity index (χ2n) is 5.33. The molecule has 2 rings (SSSR count). The largest absolute Gasteiger partial charge is 0.496 e. The van der Waals surface area contributed by atoms with Crippen molar-refractivity contribution in [3.8, 4) is 5.75 Å². The minimum atomic E-state index is -3.46. The molecule has 6 heteroatoms. The van der Waals surface area contributed by atoms with Crippen LogP contribution in [-0.4, -0.2) is 22.1 Å². The molecule has 112 valence electrons.